The van der Waals surface area contributed by atoms with E-state index in [0.29, 0.717) is 5.89 Å². The van der Waals surface area contributed by atoms with Crippen LogP contribution in [0.1, 0.15) is 17.3 Å². The Morgan fingerprint density at radius 3 is 2.68 bits per heavy atom. The minimum absolute atomic E-state index is 0.678. The molecule has 5 nitrogen and oxygen atoms in total. The summed E-state index contributed by atoms with van der Waals surface area (Å²) in [5.74, 6) is 1.45. The van der Waals surface area contributed by atoms with Crippen LogP contribution < -0.4 is 5.73 Å². The molecule has 1 aromatic heterocycles. The third-order valence-electron chi connectivity index (χ3n) is 2.96. The van der Waals surface area contributed by atoms with E-state index in [2.05, 4.69) is 15.0 Å². The average Bonchev–Trinajstić information content (AvgIpc) is 2.83. The fraction of sp³-hybridized carbons (Fsp3) is 0.429. The van der Waals surface area contributed by atoms with Crippen molar-refractivity contribution in [1.29, 1.82) is 0 Å². The van der Waals surface area contributed by atoms with Gasteiger partial charge in [0.25, 0.3) is 0 Å². The van der Waals surface area contributed by atoms with Gasteiger partial charge in [-0.25, -0.2) is 0 Å². The van der Waals surface area contributed by atoms with Gasteiger partial charge in [0.05, 0.1) is 0 Å². The number of nitrogens with zero attached hydrogens (tertiary/aromatic N) is 3. The first kappa shape index (κ1) is 13.5. The number of aryl methyl sites for hydroxylation is 2. The molecule has 2 N–H and O–H groups in total. The Hall–Kier alpha value is -1.88. The van der Waals surface area contributed by atoms with Crippen LogP contribution in [0.3, 0.4) is 0 Å². The van der Waals surface area contributed by atoms with E-state index in [1.54, 1.807) is 0 Å². The van der Waals surface area contributed by atoms with Crippen LogP contribution in [0.5, 0.6) is 0 Å². The van der Waals surface area contributed by atoms with Gasteiger partial charge in [-0.15, -0.1) is 0 Å². The van der Waals surface area contributed by atoms with Crippen molar-refractivity contribution in [2.75, 3.05) is 26.4 Å². The lowest BCUT2D eigenvalue weighted by molar-refractivity contribution is 0.365. The highest BCUT2D eigenvalue weighted by molar-refractivity contribution is 5.46. The van der Waals surface area contributed by atoms with Gasteiger partial charge in [0.15, 0.2) is 5.82 Å². The topological polar surface area (TPSA) is 68.2 Å². The highest BCUT2D eigenvalue weighted by Crippen LogP contribution is 2.13. The van der Waals surface area contributed by atoms with Crippen LogP contribution in [0.15, 0.2) is 28.8 Å². The molecule has 5 heteroatoms. The van der Waals surface area contributed by atoms with Crippen molar-refractivity contribution in [2.24, 2.45) is 0 Å². The molecule has 0 unspecified atom stereocenters. The lowest BCUT2D eigenvalue weighted by Gasteiger charge is -2.05. The normalized spacial score (nSPS) is 11.1. The molecule has 1 heterocycles. The summed E-state index contributed by atoms with van der Waals surface area (Å²) in [7, 11) is 4.05. The zero-order chi connectivity index (χ0) is 13.7. The van der Waals surface area contributed by atoms with Crippen molar-refractivity contribution < 1.29 is 4.52 Å². The number of nitrogen functional groups attached to an aromatic ring is 1. The second-order valence-corrected chi connectivity index (χ2v) is 4.86. The number of benzene rings is 1. The van der Waals surface area contributed by atoms with Crippen molar-refractivity contribution >= 4 is 5.69 Å². The minimum atomic E-state index is 0.678. The van der Waals surface area contributed by atoms with E-state index in [0.717, 1.165) is 42.9 Å². The van der Waals surface area contributed by atoms with Crippen molar-refractivity contribution in [1.82, 2.24) is 15.0 Å². The van der Waals surface area contributed by atoms with Crippen LogP contribution in [-0.4, -0.2) is 35.7 Å². The molecular weight excluding hydrogens is 240 g/mol. The van der Waals surface area contributed by atoms with Gasteiger partial charge < -0.3 is 15.2 Å². The molecule has 0 spiro atoms. The van der Waals surface area contributed by atoms with Crippen molar-refractivity contribution in [2.45, 2.75) is 19.3 Å². The summed E-state index contributed by atoms with van der Waals surface area (Å²) in [4.78, 5) is 6.48. The van der Waals surface area contributed by atoms with Crippen LogP contribution in [0.4, 0.5) is 5.69 Å². The molecule has 1 aromatic carbocycles. The van der Waals surface area contributed by atoms with Crippen LogP contribution >= 0.6 is 0 Å². The molecule has 0 aliphatic carbocycles. The first-order valence-electron chi connectivity index (χ1n) is 6.44. The van der Waals surface area contributed by atoms with Crippen LogP contribution in [0.25, 0.3) is 0 Å². The van der Waals surface area contributed by atoms with Gasteiger partial charge in [-0.1, -0.05) is 23.4 Å². The summed E-state index contributed by atoms with van der Waals surface area (Å²) < 4.78 is 5.24. The number of likely N-dealkylation sites (N-methyl/N-ethyl adjacent to an activating group) is 1. The van der Waals surface area contributed by atoms with Crippen molar-refractivity contribution in [3.63, 3.8) is 0 Å². The molecule has 2 rings (SSSR count). The van der Waals surface area contributed by atoms with E-state index in [4.69, 9.17) is 10.3 Å². The van der Waals surface area contributed by atoms with E-state index in [-0.39, 0.29) is 0 Å². The second-order valence-electron chi connectivity index (χ2n) is 4.86. The van der Waals surface area contributed by atoms with E-state index < -0.39 is 0 Å². The molecule has 0 fully saturated rings. The monoisotopic (exact) mass is 260 g/mol. The summed E-state index contributed by atoms with van der Waals surface area (Å²) >= 11 is 0. The van der Waals surface area contributed by atoms with Crippen LogP contribution in [-0.2, 0) is 19.3 Å². The molecular formula is C14H20N4O. The zero-order valence-electron chi connectivity index (χ0n) is 11.5. The fourth-order valence-corrected chi connectivity index (χ4v) is 1.82. The van der Waals surface area contributed by atoms with Gasteiger partial charge >= 0.3 is 0 Å². The number of rotatable bonds is 6. The molecule has 19 heavy (non-hydrogen) atoms. The van der Waals surface area contributed by atoms with E-state index in [1.807, 2.05) is 38.4 Å². The quantitative estimate of drug-likeness (QED) is 0.798. The predicted octanol–water partition coefficient (Wildman–Crippen LogP) is 1.54. The van der Waals surface area contributed by atoms with Crippen LogP contribution in [0, 0.1) is 0 Å². The number of hydrogen-bond donors (Lipinski definition) is 1. The SMILES string of the molecule is CN(C)CCc1noc(CCc2ccccc2N)n1. The molecule has 0 aliphatic heterocycles. The highest BCUT2D eigenvalue weighted by Gasteiger charge is 2.07. The summed E-state index contributed by atoms with van der Waals surface area (Å²) in [5.41, 5.74) is 7.83. The molecule has 0 radical (unpaired) electrons. The number of anilines is 1. The summed E-state index contributed by atoms with van der Waals surface area (Å²) in [6, 6.07) is 7.86. The molecule has 102 valence electrons. The summed E-state index contributed by atoms with van der Waals surface area (Å²) in [6.07, 6.45) is 2.36. The van der Waals surface area contributed by atoms with Gasteiger partial charge in [-0.3, -0.25) is 0 Å². The highest BCUT2D eigenvalue weighted by atomic mass is 16.5. The second kappa shape index (κ2) is 6.33. The Morgan fingerprint density at radius 2 is 1.95 bits per heavy atom. The fourth-order valence-electron chi connectivity index (χ4n) is 1.82. The molecule has 0 bridgehead atoms. The number of aromatic nitrogens is 2. The van der Waals surface area contributed by atoms with Gasteiger partial charge in [-0.2, -0.15) is 4.98 Å². The summed E-state index contributed by atoms with van der Waals surface area (Å²) in [5, 5.41) is 3.98. The number of nitrogens with two attached hydrogens (primary N) is 1. The van der Waals surface area contributed by atoms with E-state index in [1.165, 1.54) is 0 Å². The molecule has 0 saturated heterocycles. The lowest BCUT2D eigenvalue weighted by Crippen LogP contribution is -2.15. The Balaban J connectivity index is 1.88. The molecule has 0 amide bonds. The predicted molar refractivity (Wildman–Crippen MR) is 74.8 cm³/mol. The molecule has 0 saturated carbocycles. The Kier molecular flexibility index (Phi) is 4.52. The van der Waals surface area contributed by atoms with Crippen molar-refractivity contribution in [3.05, 3.63) is 41.5 Å². The van der Waals surface area contributed by atoms with Gasteiger partial charge in [0.2, 0.25) is 5.89 Å². The summed E-state index contributed by atoms with van der Waals surface area (Å²) in [6.45, 7) is 0.921. The lowest BCUT2D eigenvalue weighted by atomic mass is 10.1. The average molecular weight is 260 g/mol. The van der Waals surface area contributed by atoms with Gasteiger partial charge in [0, 0.05) is 25.1 Å². The molecule has 2 aromatic rings. The van der Waals surface area contributed by atoms with Crippen molar-refractivity contribution in [3.8, 4) is 0 Å². The maximum atomic E-state index is 5.90. The standard InChI is InChI=1S/C14H20N4O/c1-18(2)10-9-13-16-14(19-17-13)8-7-11-5-3-4-6-12(11)15/h3-6H,7-10,15H2,1-2H3. The maximum Gasteiger partial charge on any atom is 0.226 e. The Labute approximate surface area is 113 Å². The van der Waals surface area contributed by atoms with Gasteiger partial charge in [0.1, 0.15) is 0 Å². The largest absolute Gasteiger partial charge is 0.399 e. The molecule has 0 atom stereocenters. The zero-order valence-corrected chi connectivity index (χ0v) is 11.5. The first-order chi connectivity index (χ1) is 9.15. The van der Waals surface area contributed by atoms with E-state index >= 15 is 0 Å². The number of hydrogen-bond acceptors (Lipinski definition) is 5. The maximum absolute atomic E-state index is 5.90. The van der Waals surface area contributed by atoms with Crippen LogP contribution in [0.2, 0.25) is 0 Å². The first-order valence-corrected chi connectivity index (χ1v) is 6.44. The minimum Gasteiger partial charge on any atom is -0.399 e. The number of para-hydroxylation sites is 1. The molecule has 0 aliphatic rings. The Bertz CT molecular complexity index is 522. The Morgan fingerprint density at radius 1 is 1.16 bits per heavy atom. The van der Waals surface area contributed by atoms with Gasteiger partial charge in [-0.05, 0) is 32.1 Å². The third-order valence-corrected chi connectivity index (χ3v) is 2.96. The third kappa shape index (κ3) is 4.06. The smallest absolute Gasteiger partial charge is 0.226 e. The van der Waals surface area contributed by atoms with E-state index in [9.17, 15) is 0 Å².